The molecule has 0 aromatic heterocycles. The Morgan fingerprint density at radius 1 is 1.15 bits per heavy atom. The highest BCUT2D eigenvalue weighted by Crippen LogP contribution is 2.34. The molecular weight excluding hydrogens is 334 g/mol. The van der Waals surface area contributed by atoms with E-state index < -0.39 is 0 Å². The Morgan fingerprint density at radius 2 is 1.88 bits per heavy atom. The molecule has 6 heteroatoms. The van der Waals surface area contributed by atoms with Crippen LogP contribution in [-0.2, 0) is 14.3 Å². The maximum atomic E-state index is 12.3. The SMILES string of the molecule is COc1ccc(C(=O)CCC(=O)N[C@H]2CCOC3(CCOCC3)C2)cc1. The van der Waals surface area contributed by atoms with E-state index in [4.69, 9.17) is 14.2 Å². The van der Waals surface area contributed by atoms with Crippen molar-refractivity contribution >= 4 is 11.7 Å². The topological polar surface area (TPSA) is 73.9 Å². The molecule has 6 nitrogen and oxygen atoms in total. The van der Waals surface area contributed by atoms with Gasteiger partial charge in [0.05, 0.1) is 12.7 Å². The van der Waals surface area contributed by atoms with Crippen molar-refractivity contribution in [1.29, 1.82) is 0 Å². The number of hydrogen-bond acceptors (Lipinski definition) is 5. The van der Waals surface area contributed by atoms with Gasteiger partial charge in [0.25, 0.3) is 0 Å². The van der Waals surface area contributed by atoms with Gasteiger partial charge < -0.3 is 19.5 Å². The summed E-state index contributed by atoms with van der Waals surface area (Å²) in [5.74, 6) is 0.609. The van der Waals surface area contributed by atoms with Gasteiger partial charge in [0.15, 0.2) is 5.78 Å². The third-order valence-corrected chi connectivity index (χ3v) is 5.25. The first-order valence-electron chi connectivity index (χ1n) is 9.29. The molecule has 1 N–H and O–H groups in total. The number of hydrogen-bond donors (Lipinski definition) is 1. The summed E-state index contributed by atoms with van der Waals surface area (Å²) in [5, 5.41) is 3.08. The molecule has 2 saturated heterocycles. The Hall–Kier alpha value is -1.92. The molecule has 0 saturated carbocycles. The predicted molar refractivity (Wildman–Crippen MR) is 96.5 cm³/mol. The van der Waals surface area contributed by atoms with Gasteiger partial charge in [-0.25, -0.2) is 0 Å². The van der Waals surface area contributed by atoms with Gasteiger partial charge >= 0.3 is 0 Å². The summed E-state index contributed by atoms with van der Waals surface area (Å²) in [5.41, 5.74) is 0.457. The molecule has 3 rings (SSSR count). The minimum absolute atomic E-state index is 0.0318. The van der Waals surface area contributed by atoms with Crippen LogP contribution < -0.4 is 10.1 Å². The summed E-state index contributed by atoms with van der Waals surface area (Å²) in [6.07, 6.45) is 3.83. The van der Waals surface area contributed by atoms with E-state index >= 15 is 0 Å². The summed E-state index contributed by atoms with van der Waals surface area (Å²) in [4.78, 5) is 24.5. The number of Topliss-reactive ketones (excluding diaryl/α,β-unsaturated/α-hetero) is 1. The molecule has 0 aliphatic carbocycles. The van der Waals surface area contributed by atoms with Crippen molar-refractivity contribution in [3.8, 4) is 5.75 Å². The summed E-state index contributed by atoms with van der Waals surface area (Å²) < 4.78 is 16.5. The van der Waals surface area contributed by atoms with Gasteiger partial charge in [-0.3, -0.25) is 9.59 Å². The van der Waals surface area contributed by atoms with Crippen LogP contribution in [0.15, 0.2) is 24.3 Å². The van der Waals surface area contributed by atoms with Crippen molar-refractivity contribution in [1.82, 2.24) is 5.32 Å². The summed E-state index contributed by atoms with van der Waals surface area (Å²) in [6.45, 7) is 2.10. The van der Waals surface area contributed by atoms with E-state index in [1.807, 2.05) is 0 Å². The maximum Gasteiger partial charge on any atom is 0.220 e. The normalized spacial score (nSPS) is 22.0. The number of carbonyl (C=O) groups is 2. The molecule has 0 unspecified atom stereocenters. The van der Waals surface area contributed by atoms with Gasteiger partial charge in [-0.05, 0) is 49.9 Å². The van der Waals surface area contributed by atoms with Crippen molar-refractivity contribution in [3.63, 3.8) is 0 Å². The standard InChI is InChI=1S/C20H27NO5/c1-24-17-4-2-15(3-5-17)18(22)6-7-19(23)21-16-8-11-26-20(14-16)9-12-25-13-10-20/h2-5,16H,6-14H2,1H3,(H,21,23)/t16-/m0/s1. The molecule has 2 fully saturated rings. The first-order chi connectivity index (χ1) is 12.6. The zero-order valence-corrected chi connectivity index (χ0v) is 15.3. The number of methoxy groups -OCH3 is 1. The monoisotopic (exact) mass is 361 g/mol. The second kappa shape index (κ2) is 8.64. The van der Waals surface area contributed by atoms with Crippen molar-refractivity contribution < 1.29 is 23.8 Å². The average molecular weight is 361 g/mol. The van der Waals surface area contributed by atoms with Crippen LogP contribution in [0.5, 0.6) is 5.75 Å². The number of nitrogens with one attached hydrogen (secondary N) is 1. The summed E-state index contributed by atoms with van der Waals surface area (Å²) in [7, 11) is 1.59. The van der Waals surface area contributed by atoms with Gasteiger partial charge in [0, 0.05) is 44.3 Å². The molecule has 0 bridgehead atoms. The van der Waals surface area contributed by atoms with Gasteiger partial charge in [-0.15, -0.1) is 0 Å². The van der Waals surface area contributed by atoms with Crippen LogP contribution in [0.2, 0.25) is 0 Å². The van der Waals surface area contributed by atoms with Crippen LogP contribution in [0.4, 0.5) is 0 Å². The van der Waals surface area contributed by atoms with Crippen LogP contribution in [-0.4, -0.2) is 50.3 Å². The number of ether oxygens (including phenoxy) is 3. The smallest absolute Gasteiger partial charge is 0.220 e. The molecule has 1 aromatic carbocycles. The number of benzene rings is 1. The van der Waals surface area contributed by atoms with Crippen molar-refractivity contribution in [2.24, 2.45) is 0 Å². The highest BCUT2D eigenvalue weighted by atomic mass is 16.5. The summed E-state index contributed by atoms with van der Waals surface area (Å²) in [6, 6.07) is 7.08. The van der Waals surface area contributed by atoms with Gasteiger partial charge in [0.1, 0.15) is 5.75 Å². The molecule has 1 spiro atoms. The second-order valence-corrected chi connectivity index (χ2v) is 7.05. The zero-order chi connectivity index (χ0) is 18.4. The largest absolute Gasteiger partial charge is 0.497 e. The lowest BCUT2D eigenvalue weighted by atomic mass is 9.84. The van der Waals surface area contributed by atoms with E-state index in [9.17, 15) is 9.59 Å². The fourth-order valence-electron chi connectivity index (χ4n) is 3.69. The van der Waals surface area contributed by atoms with E-state index in [0.29, 0.717) is 17.9 Å². The van der Waals surface area contributed by atoms with Crippen molar-refractivity contribution in [2.75, 3.05) is 26.9 Å². The lowest BCUT2D eigenvalue weighted by Crippen LogP contribution is -2.51. The zero-order valence-electron chi connectivity index (χ0n) is 15.3. The number of carbonyl (C=O) groups excluding carboxylic acids is 2. The first kappa shape index (κ1) is 18.9. The quantitative estimate of drug-likeness (QED) is 0.788. The van der Waals surface area contributed by atoms with Crippen LogP contribution in [0, 0.1) is 0 Å². The fraction of sp³-hybridized carbons (Fsp3) is 0.600. The highest BCUT2D eigenvalue weighted by molar-refractivity contribution is 5.98. The van der Waals surface area contributed by atoms with Gasteiger partial charge in [0.2, 0.25) is 5.91 Å². The maximum absolute atomic E-state index is 12.3. The van der Waals surface area contributed by atoms with Crippen LogP contribution in [0.3, 0.4) is 0 Å². The second-order valence-electron chi connectivity index (χ2n) is 7.05. The van der Waals surface area contributed by atoms with E-state index in [1.54, 1.807) is 31.4 Å². The van der Waals surface area contributed by atoms with E-state index in [2.05, 4.69) is 5.32 Å². The van der Waals surface area contributed by atoms with Crippen LogP contribution >= 0.6 is 0 Å². The lowest BCUT2D eigenvalue weighted by Gasteiger charge is -2.43. The third kappa shape index (κ3) is 4.83. The molecule has 1 aromatic rings. The Bertz CT molecular complexity index is 616. The average Bonchev–Trinajstić information content (AvgIpc) is 2.67. The first-order valence-corrected chi connectivity index (χ1v) is 9.29. The Balaban J connectivity index is 1.45. The van der Waals surface area contributed by atoms with E-state index in [0.717, 1.165) is 38.9 Å². The molecule has 1 atom stereocenters. The van der Waals surface area contributed by atoms with E-state index in [1.165, 1.54) is 0 Å². The molecule has 26 heavy (non-hydrogen) atoms. The predicted octanol–water partition coefficient (Wildman–Crippen LogP) is 2.50. The Kier molecular flexibility index (Phi) is 6.27. The summed E-state index contributed by atoms with van der Waals surface area (Å²) >= 11 is 0. The minimum atomic E-state index is -0.145. The Labute approximate surface area is 154 Å². The van der Waals surface area contributed by atoms with Crippen molar-refractivity contribution in [3.05, 3.63) is 29.8 Å². The van der Waals surface area contributed by atoms with Gasteiger partial charge in [-0.2, -0.15) is 0 Å². The number of ketones is 1. The third-order valence-electron chi connectivity index (χ3n) is 5.25. The molecule has 2 aliphatic heterocycles. The highest BCUT2D eigenvalue weighted by Gasteiger charge is 2.39. The molecule has 2 aliphatic rings. The van der Waals surface area contributed by atoms with Gasteiger partial charge in [-0.1, -0.05) is 0 Å². The molecule has 1 amide bonds. The minimum Gasteiger partial charge on any atom is -0.497 e. The molecule has 0 radical (unpaired) electrons. The molecule has 2 heterocycles. The van der Waals surface area contributed by atoms with Crippen LogP contribution in [0.25, 0.3) is 0 Å². The van der Waals surface area contributed by atoms with Crippen LogP contribution in [0.1, 0.15) is 48.9 Å². The molecule has 142 valence electrons. The number of rotatable bonds is 6. The Morgan fingerprint density at radius 3 is 2.58 bits per heavy atom. The van der Waals surface area contributed by atoms with Crippen molar-refractivity contribution in [2.45, 2.75) is 50.2 Å². The number of amides is 1. The van der Waals surface area contributed by atoms with E-state index in [-0.39, 0.29) is 36.2 Å². The molecular formula is C20H27NO5. The lowest BCUT2D eigenvalue weighted by molar-refractivity contribution is -0.144. The fourth-order valence-corrected chi connectivity index (χ4v) is 3.69.